The van der Waals surface area contributed by atoms with Crippen LogP contribution in [0, 0.1) is 35.4 Å². The third-order valence-electron chi connectivity index (χ3n) is 10.9. The number of likely N-dealkylation sites (tertiary alicyclic amines) is 2. The predicted molar refractivity (Wildman–Crippen MR) is 143 cm³/mol. The Morgan fingerprint density at radius 3 is 1.90 bits per heavy atom. The van der Waals surface area contributed by atoms with Crippen molar-refractivity contribution >= 4 is 23.6 Å². The molecule has 6 atom stereocenters. The van der Waals surface area contributed by atoms with Gasteiger partial charge in [0.2, 0.25) is 23.6 Å². The van der Waals surface area contributed by atoms with Crippen LogP contribution in [0.5, 0.6) is 5.75 Å². The molecule has 0 spiro atoms. The van der Waals surface area contributed by atoms with E-state index in [1.807, 2.05) is 6.08 Å². The van der Waals surface area contributed by atoms with Crippen molar-refractivity contribution in [3.05, 3.63) is 41.2 Å². The number of allylic oxidation sites excluding steroid dienone is 2. The van der Waals surface area contributed by atoms with Crippen molar-refractivity contribution in [1.82, 2.24) is 9.80 Å². The first-order valence-electron chi connectivity index (χ1n) is 15.3. The number of carbonyl (C=O) groups excluding carboxylic acids is 4. The Morgan fingerprint density at radius 1 is 0.700 bits per heavy atom. The number of halogens is 1. The highest BCUT2D eigenvalue weighted by Gasteiger charge is 2.63. The van der Waals surface area contributed by atoms with Crippen LogP contribution in [-0.4, -0.2) is 50.6 Å². The second-order valence-electron chi connectivity index (χ2n) is 12.9. The van der Waals surface area contributed by atoms with Crippen molar-refractivity contribution in [3.8, 4) is 5.75 Å². The van der Waals surface area contributed by atoms with Gasteiger partial charge in [-0.25, -0.2) is 4.39 Å². The van der Waals surface area contributed by atoms with E-state index in [1.165, 1.54) is 21.9 Å². The number of carbonyl (C=O) groups is 4. The third kappa shape index (κ3) is 3.73. The number of aromatic hydroxyl groups is 1. The highest BCUT2D eigenvalue weighted by Crippen LogP contribution is 2.59. The molecule has 1 aromatic rings. The molecule has 3 saturated carbocycles. The first-order valence-corrected chi connectivity index (χ1v) is 15.3. The number of fused-ring (bicyclic) bond motifs is 4. The monoisotopic (exact) mass is 548 g/mol. The topological polar surface area (TPSA) is 95.0 Å². The number of rotatable bonds is 3. The summed E-state index contributed by atoms with van der Waals surface area (Å²) in [5.74, 6) is -5.56. The largest absolute Gasteiger partial charge is 0.505 e. The summed E-state index contributed by atoms with van der Waals surface area (Å²) in [4.78, 5) is 58.7. The summed E-state index contributed by atoms with van der Waals surface area (Å²) in [6.45, 7) is 0. The molecular formula is C32H37FN2O5. The third-order valence-corrected chi connectivity index (χ3v) is 10.9. The lowest BCUT2D eigenvalue weighted by molar-refractivity contribution is -0.145. The van der Waals surface area contributed by atoms with Crippen molar-refractivity contribution in [1.29, 1.82) is 0 Å². The van der Waals surface area contributed by atoms with E-state index in [0.717, 1.165) is 69.8 Å². The summed E-state index contributed by atoms with van der Waals surface area (Å²) in [7, 11) is 0. The van der Waals surface area contributed by atoms with Crippen LogP contribution in [0.4, 0.5) is 4.39 Å². The van der Waals surface area contributed by atoms with E-state index in [-0.39, 0.29) is 41.3 Å². The van der Waals surface area contributed by atoms with E-state index < -0.39 is 47.1 Å². The van der Waals surface area contributed by atoms with Crippen molar-refractivity contribution in [2.75, 3.05) is 0 Å². The maximum Gasteiger partial charge on any atom is 0.234 e. The van der Waals surface area contributed by atoms with E-state index in [0.29, 0.717) is 12.8 Å². The quantitative estimate of drug-likeness (QED) is 0.431. The number of benzene rings is 1. The maximum atomic E-state index is 14.7. The summed E-state index contributed by atoms with van der Waals surface area (Å²) < 4.78 is 14.7. The summed E-state index contributed by atoms with van der Waals surface area (Å²) >= 11 is 0. The number of phenols is 1. The van der Waals surface area contributed by atoms with Crippen LogP contribution in [0.2, 0.25) is 0 Å². The van der Waals surface area contributed by atoms with Crippen molar-refractivity contribution < 1.29 is 28.7 Å². The Balaban J connectivity index is 1.30. The summed E-state index contributed by atoms with van der Waals surface area (Å²) in [6, 6.07) is 4.12. The fraction of sp³-hybridized carbons (Fsp3) is 0.625. The van der Waals surface area contributed by atoms with Gasteiger partial charge >= 0.3 is 0 Å². The minimum Gasteiger partial charge on any atom is -0.505 e. The van der Waals surface area contributed by atoms with Gasteiger partial charge in [0.1, 0.15) is 0 Å². The number of nitrogens with zero attached hydrogens (tertiary/aromatic N) is 2. The molecule has 5 fully saturated rings. The normalized spacial score (nSPS) is 35.1. The van der Waals surface area contributed by atoms with E-state index in [4.69, 9.17) is 0 Å². The molecule has 4 amide bonds. The zero-order chi connectivity index (χ0) is 27.7. The molecule has 8 heteroatoms. The van der Waals surface area contributed by atoms with E-state index >= 15 is 0 Å². The minimum absolute atomic E-state index is 0.0707. The zero-order valence-electron chi connectivity index (χ0n) is 22.8. The molecule has 40 heavy (non-hydrogen) atoms. The average Bonchev–Trinajstić information content (AvgIpc) is 3.38. The predicted octanol–water partition coefficient (Wildman–Crippen LogP) is 4.83. The van der Waals surface area contributed by atoms with Gasteiger partial charge in [-0.2, -0.15) is 0 Å². The molecule has 7 rings (SSSR count). The van der Waals surface area contributed by atoms with E-state index in [9.17, 15) is 28.7 Å². The summed E-state index contributed by atoms with van der Waals surface area (Å²) in [5, 5.41) is 10.9. The standard InChI is InChI=1S/C32H37FN2O5/c33-24-13-7-12-20(28(24)36)25-19-14-15-21-26(31(39)34(29(21)37)17-8-3-1-4-9-17)22(19)16-23-27(25)32(40)35(30(23)38)18-10-5-2-6-11-18/h7,12-14,17-18,21-23,25-27,36H,1-6,8-11,15-16H2. The Kier molecular flexibility index (Phi) is 6.35. The Labute approximate surface area is 233 Å². The number of imide groups is 2. The molecule has 0 aromatic heterocycles. The van der Waals surface area contributed by atoms with Crippen LogP contribution in [0.3, 0.4) is 0 Å². The molecular weight excluding hydrogens is 511 g/mol. The molecule has 2 saturated heterocycles. The lowest BCUT2D eigenvalue weighted by Gasteiger charge is -2.44. The van der Waals surface area contributed by atoms with Crippen LogP contribution in [0.15, 0.2) is 29.8 Å². The van der Waals surface area contributed by atoms with Gasteiger partial charge in [0.05, 0.1) is 23.7 Å². The fourth-order valence-electron chi connectivity index (χ4n) is 9.17. The van der Waals surface area contributed by atoms with Gasteiger partial charge in [-0.05, 0) is 50.5 Å². The Morgan fingerprint density at radius 2 is 1.27 bits per heavy atom. The van der Waals surface area contributed by atoms with Gasteiger partial charge < -0.3 is 5.11 Å². The summed E-state index contributed by atoms with van der Waals surface area (Å²) in [5.41, 5.74) is 1.10. The molecule has 212 valence electrons. The molecule has 2 heterocycles. The van der Waals surface area contributed by atoms with E-state index in [1.54, 1.807) is 6.07 Å². The van der Waals surface area contributed by atoms with Crippen molar-refractivity contribution in [2.45, 2.75) is 95.1 Å². The Hall–Kier alpha value is -3.03. The lowest BCUT2D eigenvalue weighted by atomic mass is 9.57. The van der Waals surface area contributed by atoms with Crippen LogP contribution in [0.1, 0.15) is 88.5 Å². The molecule has 0 bridgehead atoms. The van der Waals surface area contributed by atoms with Crippen LogP contribution in [0.25, 0.3) is 0 Å². The number of amides is 4. The first-order chi connectivity index (χ1) is 19.4. The average molecular weight is 549 g/mol. The molecule has 7 nitrogen and oxygen atoms in total. The molecule has 4 aliphatic carbocycles. The number of phenolic OH excluding ortho intramolecular Hbond substituents is 1. The van der Waals surface area contributed by atoms with Crippen molar-refractivity contribution in [2.24, 2.45) is 29.6 Å². The van der Waals surface area contributed by atoms with Crippen molar-refractivity contribution in [3.63, 3.8) is 0 Å². The molecule has 6 aliphatic rings. The molecule has 6 unspecified atom stereocenters. The van der Waals surface area contributed by atoms with Gasteiger partial charge in [-0.1, -0.05) is 62.3 Å². The lowest BCUT2D eigenvalue weighted by Crippen LogP contribution is -2.44. The number of hydrogen-bond acceptors (Lipinski definition) is 5. The van der Waals surface area contributed by atoms with Gasteiger partial charge in [-0.15, -0.1) is 0 Å². The summed E-state index contributed by atoms with van der Waals surface area (Å²) in [6.07, 6.45) is 12.0. The van der Waals surface area contributed by atoms with Crippen LogP contribution in [-0.2, 0) is 19.2 Å². The molecule has 1 aromatic carbocycles. The smallest absolute Gasteiger partial charge is 0.234 e. The highest BCUT2D eigenvalue weighted by molar-refractivity contribution is 6.08. The van der Waals surface area contributed by atoms with Gasteiger partial charge in [0, 0.05) is 23.6 Å². The van der Waals surface area contributed by atoms with Gasteiger partial charge in [0.25, 0.3) is 0 Å². The van der Waals surface area contributed by atoms with Gasteiger partial charge in [-0.3, -0.25) is 29.0 Å². The fourth-order valence-corrected chi connectivity index (χ4v) is 9.17. The SMILES string of the molecule is O=C1C2CC=C3C(CC4C(=O)N(C5CCCCC5)C(=O)C4C3c3cccc(F)c3O)C2C(=O)N1C1CCCCC1. The maximum absolute atomic E-state index is 14.7. The first kappa shape index (κ1) is 25.9. The van der Waals surface area contributed by atoms with Crippen LogP contribution < -0.4 is 0 Å². The van der Waals surface area contributed by atoms with Crippen LogP contribution >= 0.6 is 0 Å². The minimum atomic E-state index is -0.776. The molecule has 0 radical (unpaired) electrons. The highest BCUT2D eigenvalue weighted by atomic mass is 19.1. The number of para-hydroxylation sites is 1. The number of hydrogen-bond donors (Lipinski definition) is 1. The van der Waals surface area contributed by atoms with Gasteiger partial charge in [0.15, 0.2) is 11.6 Å². The second-order valence-corrected chi connectivity index (χ2v) is 12.9. The molecule has 2 aliphatic heterocycles. The Bertz CT molecular complexity index is 1300. The molecule has 1 N–H and O–H groups in total. The zero-order valence-corrected chi connectivity index (χ0v) is 22.8. The second kappa shape index (κ2) is 9.81. The van der Waals surface area contributed by atoms with E-state index in [2.05, 4.69) is 0 Å².